The van der Waals surface area contributed by atoms with E-state index >= 15 is 0 Å². The van der Waals surface area contributed by atoms with Crippen molar-refractivity contribution in [2.75, 3.05) is 6.54 Å². The van der Waals surface area contributed by atoms with Gasteiger partial charge < -0.3 is 11.1 Å². The Labute approximate surface area is 95.3 Å². The molecule has 0 atom stereocenters. The van der Waals surface area contributed by atoms with E-state index in [1.54, 1.807) is 18.5 Å². The highest BCUT2D eigenvalue weighted by atomic mass is 16.1. The van der Waals surface area contributed by atoms with Gasteiger partial charge in [0, 0.05) is 18.4 Å². The summed E-state index contributed by atoms with van der Waals surface area (Å²) in [6.07, 6.45) is 3.14. The smallest absolute Gasteiger partial charge is 0.252 e. The van der Waals surface area contributed by atoms with Crippen LogP contribution in [0.5, 0.6) is 0 Å². The maximum absolute atomic E-state index is 11.8. The van der Waals surface area contributed by atoms with Crippen molar-refractivity contribution in [2.24, 2.45) is 5.73 Å². The summed E-state index contributed by atoms with van der Waals surface area (Å²) >= 11 is 0. The lowest BCUT2D eigenvalue weighted by molar-refractivity contribution is 0.0943. The van der Waals surface area contributed by atoms with Crippen LogP contribution in [-0.4, -0.2) is 23.5 Å². The first-order chi connectivity index (χ1) is 7.65. The first kappa shape index (κ1) is 12.2. The quantitative estimate of drug-likeness (QED) is 0.710. The molecule has 0 aliphatic carbocycles. The van der Waals surface area contributed by atoms with Gasteiger partial charge in [-0.25, -0.2) is 0 Å². The molecule has 0 bridgehead atoms. The summed E-state index contributed by atoms with van der Waals surface area (Å²) in [7, 11) is 0. The molecule has 0 radical (unpaired) electrons. The molecule has 1 aromatic heterocycles. The molecule has 16 heavy (non-hydrogen) atoms. The van der Waals surface area contributed by atoms with E-state index < -0.39 is 0 Å². The minimum absolute atomic E-state index is 0.0935. The number of carbonyl (C=O) groups is 1. The summed E-state index contributed by atoms with van der Waals surface area (Å²) in [5.41, 5.74) is 6.42. The van der Waals surface area contributed by atoms with Gasteiger partial charge in [-0.05, 0) is 19.9 Å². The van der Waals surface area contributed by atoms with Crippen LogP contribution in [0.2, 0.25) is 0 Å². The highest BCUT2D eigenvalue weighted by Gasteiger charge is 2.10. The van der Waals surface area contributed by atoms with E-state index in [0.29, 0.717) is 11.1 Å². The van der Waals surface area contributed by atoms with Crippen molar-refractivity contribution in [1.82, 2.24) is 10.3 Å². The molecule has 0 spiro atoms. The van der Waals surface area contributed by atoms with E-state index in [0.717, 1.165) is 0 Å². The van der Waals surface area contributed by atoms with Crippen LogP contribution in [0.25, 0.3) is 0 Å². The number of aromatic nitrogens is 1. The molecule has 1 amide bonds. The van der Waals surface area contributed by atoms with Gasteiger partial charge in [0.05, 0.1) is 17.7 Å². The van der Waals surface area contributed by atoms with E-state index in [1.165, 1.54) is 0 Å². The SMILES string of the molecule is CC(C)NC(=O)c1ccncc1C#CCN. The minimum Gasteiger partial charge on any atom is -0.350 e. The number of pyridine rings is 1. The molecule has 3 N–H and O–H groups in total. The molecule has 1 aromatic rings. The lowest BCUT2D eigenvalue weighted by Gasteiger charge is -2.09. The van der Waals surface area contributed by atoms with Crippen molar-refractivity contribution in [3.8, 4) is 11.8 Å². The standard InChI is InChI=1S/C12H15N3O/c1-9(2)15-12(16)11-5-7-14-8-10(11)4-3-6-13/h5,7-9H,6,13H2,1-2H3,(H,15,16). The van der Waals surface area contributed by atoms with Crippen molar-refractivity contribution in [2.45, 2.75) is 19.9 Å². The minimum atomic E-state index is -0.140. The molecule has 0 aromatic carbocycles. The third-order valence-corrected chi connectivity index (χ3v) is 1.81. The predicted molar refractivity (Wildman–Crippen MR) is 62.8 cm³/mol. The number of hydrogen-bond acceptors (Lipinski definition) is 3. The van der Waals surface area contributed by atoms with Crippen LogP contribution in [0.15, 0.2) is 18.5 Å². The average Bonchev–Trinajstić information content (AvgIpc) is 2.25. The Morgan fingerprint density at radius 1 is 1.62 bits per heavy atom. The van der Waals surface area contributed by atoms with Gasteiger partial charge in [-0.2, -0.15) is 0 Å². The fourth-order valence-corrected chi connectivity index (χ4v) is 1.18. The Hall–Kier alpha value is -1.86. The molecule has 4 heteroatoms. The van der Waals surface area contributed by atoms with E-state index in [9.17, 15) is 4.79 Å². The highest BCUT2D eigenvalue weighted by molar-refractivity contribution is 5.96. The van der Waals surface area contributed by atoms with Gasteiger partial charge in [0.1, 0.15) is 0 Å². The number of carbonyl (C=O) groups excluding carboxylic acids is 1. The zero-order valence-corrected chi connectivity index (χ0v) is 9.45. The molecule has 0 aliphatic rings. The van der Waals surface area contributed by atoms with Crippen molar-refractivity contribution in [3.63, 3.8) is 0 Å². The van der Waals surface area contributed by atoms with Gasteiger partial charge >= 0.3 is 0 Å². The van der Waals surface area contributed by atoms with Crippen LogP contribution in [0, 0.1) is 11.8 Å². The lowest BCUT2D eigenvalue weighted by Crippen LogP contribution is -2.30. The highest BCUT2D eigenvalue weighted by Crippen LogP contribution is 2.05. The molecule has 0 saturated heterocycles. The third kappa shape index (κ3) is 3.37. The topological polar surface area (TPSA) is 68.0 Å². The second-order valence-electron chi connectivity index (χ2n) is 3.56. The number of nitrogens with one attached hydrogen (secondary N) is 1. The molecular formula is C12H15N3O. The Morgan fingerprint density at radius 3 is 3.00 bits per heavy atom. The Balaban J connectivity index is 2.98. The fraction of sp³-hybridized carbons (Fsp3) is 0.333. The van der Waals surface area contributed by atoms with Gasteiger partial charge in [-0.15, -0.1) is 0 Å². The van der Waals surface area contributed by atoms with Crippen molar-refractivity contribution < 1.29 is 4.79 Å². The Morgan fingerprint density at radius 2 is 2.38 bits per heavy atom. The van der Waals surface area contributed by atoms with Gasteiger partial charge in [-0.3, -0.25) is 9.78 Å². The molecule has 4 nitrogen and oxygen atoms in total. The summed E-state index contributed by atoms with van der Waals surface area (Å²) in [5.74, 6) is 5.40. The van der Waals surface area contributed by atoms with Crippen LogP contribution < -0.4 is 11.1 Å². The number of amides is 1. The molecule has 1 rings (SSSR count). The first-order valence-electron chi connectivity index (χ1n) is 5.09. The van der Waals surface area contributed by atoms with Crippen molar-refractivity contribution in [1.29, 1.82) is 0 Å². The van der Waals surface area contributed by atoms with E-state index in [4.69, 9.17) is 5.73 Å². The molecular weight excluding hydrogens is 202 g/mol. The maximum Gasteiger partial charge on any atom is 0.252 e. The molecule has 0 unspecified atom stereocenters. The van der Waals surface area contributed by atoms with Crippen LogP contribution in [0.1, 0.15) is 29.8 Å². The van der Waals surface area contributed by atoms with E-state index in [-0.39, 0.29) is 18.5 Å². The zero-order valence-electron chi connectivity index (χ0n) is 9.45. The third-order valence-electron chi connectivity index (χ3n) is 1.81. The Bertz CT molecular complexity index is 429. The van der Waals surface area contributed by atoms with Crippen LogP contribution >= 0.6 is 0 Å². The number of nitrogens with two attached hydrogens (primary N) is 1. The Kier molecular flexibility index (Phi) is 4.49. The van der Waals surface area contributed by atoms with Crippen molar-refractivity contribution >= 4 is 5.91 Å². The molecule has 0 fully saturated rings. The largest absolute Gasteiger partial charge is 0.350 e. The monoisotopic (exact) mass is 217 g/mol. The van der Waals surface area contributed by atoms with Crippen LogP contribution in [-0.2, 0) is 0 Å². The molecule has 0 saturated carbocycles. The molecule has 1 heterocycles. The number of rotatable bonds is 2. The van der Waals surface area contributed by atoms with Gasteiger partial charge in [0.15, 0.2) is 0 Å². The maximum atomic E-state index is 11.8. The van der Waals surface area contributed by atoms with Crippen molar-refractivity contribution in [3.05, 3.63) is 29.6 Å². The predicted octanol–water partition coefficient (Wildman–Crippen LogP) is 0.530. The summed E-state index contributed by atoms with van der Waals surface area (Å²) in [4.78, 5) is 15.7. The average molecular weight is 217 g/mol. The summed E-state index contributed by atoms with van der Waals surface area (Å²) in [5, 5.41) is 2.81. The second kappa shape index (κ2) is 5.89. The molecule has 0 aliphatic heterocycles. The number of hydrogen-bond donors (Lipinski definition) is 2. The van der Waals surface area contributed by atoms with E-state index in [1.807, 2.05) is 13.8 Å². The van der Waals surface area contributed by atoms with E-state index in [2.05, 4.69) is 22.1 Å². The summed E-state index contributed by atoms with van der Waals surface area (Å²) < 4.78 is 0. The van der Waals surface area contributed by atoms with Crippen LogP contribution in [0.3, 0.4) is 0 Å². The summed E-state index contributed by atoms with van der Waals surface area (Å²) in [6, 6.07) is 1.74. The van der Waals surface area contributed by atoms with Gasteiger partial charge in [0.2, 0.25) is 0 Å². The zero-order chi connectivity index (χ0) is 12.0. The normalized spacial score (nSPS) is 9.50. The summed E-state index contributed by atoms with van der Waals surface area (Å²) in [6.45, 7) is 4.08. The second-order valence-corrected chi connectivity index (χ2v) is 3.56. The fourth-order valence-electron chi connectivity index (χ4n) is 1.18. The van der Waals surface area contributed by atoms with Gasteiger partial charge in [-0.1, -0.05) is 11.8 Å². The molecule has 84 valence electrons. The first-order valence-corrected chi connectivity index (χ1v) is 5.09. The number of nitrogens with zero attached hydrogens (tertiary/aromatic N) is 1. The lowest BCUT2D eigenvalue weighted by atomic mass is 10.1. The van der Waals surface area contributed by atoms with Gasteiger partial charge in [0.25, 0.3) is 5.91 Å². The van der Waals surface area contributed by atoms with Crippen LogP contribution in [0.4, 0.5) is 0 Å².